The Hall–Kier alpha value is -1.97. The van der Waals surface area contributed by atoms with Gasteiger partial charge in [-0.25, -0.2) is 0 Å². The summed E-state index contributed by atoms with van der Waals surface area (Å²) >= 11 is 0. The van der Waals surface area contributed by atoms with Crippen molar-refractivity contribution in [3.63, 3.8) is 0 Å². The Kier molecular flexibility index (Phi) is 9.85. The van der Waals surface area contributed by atoms with E-state index in [-0.39, 0.29) is 24.0 Å². The van der Waals surface area contributed by atoms with Crippen LogP contribution in [-0.2, 0) is 13.1 Å². The lowest BCUT2D eigenvalue weighted by atomic mass is 10.2. The largest absolute Gasteiger partial charge is 0.497 e. The van der Waals surface area contributed by atoms with E-state index in [4.69, 9.17) is 9.47 Å². The molecule has 1 aromatic carbocycles. The molecule has 7 nitrogen and oxygen atoms in total. The number of halogens is 1. The van der Waals surface area contributed by atoms with Gasteiger partial charge >= 0.3 is 0 Å². The maximum absolute atomic E-state index is 5.42. The fourth-order valence-electron chi connectivity index (χ4n) is 2.46. The zero-order valence-corrected chi connectivity index (χ0v) is 18.1. The highest BCUT2D eigenvalue weighted by molar-refractivity contribution is 14.0. The SMILES string of the molecule is CN=C(NCc1ccc(OC)cc1OC)NCC(C)Cn1cccn1.I. The molecule has 1 atom stereocenters. The van der Waals surface area contributed by atoms with Crippen molar-refractivity contribution in [2.24, 2.45) is 10.9 Å². The molecular formula is C18H28IN5O2. The van der Waals surface area contributed by atoms with Gasteiger partial charge in [-0.05, 0) is 24.1 Å². The van der Waals surface area contributed by atoms with Gasteiger partial charge in [0.2, 0.25) is 0 Å². The molecule has 26 heavy (non-hydrogen) atoms. The van der Waals surface area contributed by atoms with Gasteiger partial charge in [-0.3, -0.25) is 9.67 Å². The summed E-state index contributed by atoms with van der Waals surface area (Å²) in [5, 5.41) is 10.9. The number of ether oxygens (including phenoxy) is 2. The summed E-state index contributed by atoms with van der Waals surface area (Å²) in [7, 11) is 5.06. The molecule has 2 rings (SSSR count). The predicted octanol–water partition coefficient (Wildman–Crippen LogP) is 2.52. The molecule has 1 heterocycles. The van der Waals surface area contributed by atoms with Gasteiger partial charge in [0.1, 0.15) is 11.5 Å². The van der Waals surface area contributed by atoms with Crippen LogP contribution in [0.5, 0.6) is 11.5 Å². The lowest BCUT2D eigenvalue weighted by molar-refractivity contribution is 0.390. The van der Waals surface area contributed by atoms with Gasteiger partial charge in [0, 0.05) is 50.7 Å². The Balaban J connectivity index is 0.00000338. The van der Waals surface area contributed by atoms with Crippen molar-refractivity contribution in [1.29, 1.82) is 0 Å². The van der Waals surface area contributed by atoms with Gasteiger partial charge in [-0.1, -0.05) is 6.92 Å². The summed E-state index contributed by atoms with van der Waals surface area (Å²) in [6.45, 7) is 4.46. The standard InChI is InChI=1S/C18H27N5O2.HI/c1-14(13-23-9-5-8-22-23)11-20-18(19-2)21-12-15-6-7-16(24-3)10-17(15)25-4;/h5-10,14H,11-13H2,1-4H3,(H2,19,20,21);1H. The fourth-order valence-corrected chi connectivity index (χ4v) is 2.46. The average Bonchev–Trinajstić information content (AvgIpc) is 3.14. The van der Waals surface area contributed by atoms with Crippen LogP contribution >= 0.6 is 24.0 Å². The number of aliphatic imine (C=N–C) groups is 1. The van der Waals surface area contributed by atoms with Gasteiger partial charge in [0.25, 0.3) is 0 Å². The van der Waals surface area contributed by atoms with Gasteiger partial charge < -0.3 is 20.1 Å². The number of rotatable bonds is 8. The first-order chi connectivity index (χ1) is 12.2. The van der Waals surface area contributed by atoms with Crippen LogP contribution in [0.2, 0.25) is 0 Å². The minimum absolute atomic E-state index is 0. The summed E-state index contributed by atoms with van der Waals surface area (Å²) in [6.07, 6.45) is 3.77. The van der Waals surface area contributed by atoms with Gasteiger partial charge in [-0.15, -0.1) is 24.0 Å². The smallest absolute Gasteiger partial charge is 0.191 e. The van der Waals surface area contributed by atoms with E-state index in [1.165, 1.54) is 0 Å². The van der Waals surface area contributed by atoms with Crippen molar-refractivity contribution < 1.29 is 9.47 Å². The summed E-state index contributed by atoms with van der Waals surface area (Å²) in [6, 6.07) is 7.71. The molecule has 0 saturated carbocycles. The van der Waals surface area contributed by atoms with Crippen molar-refractivity contribution in [2.45, 2.75) is 20.0 Å². The Morgan fingerprint density at radius 3 is 2.69 bits per heavy atom. The van der Waals surface area contributed by atoms with E-state index in [0.717, 1.165) is 36.1 Å². The Bertz CT molecular complexity index is 676. The summed E-state index contributed by atoms with van der Waals surface area (Å²) in [5.74, 6) is 2.74. The Morgan fingerprint density at radius 2 is 2.08 bits per heavy atom. The van der Waals surface area contributed by atoms with E-state index in [0.29, 0.717) is 12.5 Å². The molecule has 2 N–H and O–H groups in total. The van der Waals surface area contributed by atoms with Crippen LogP contribution in [0, 0.1) is 5.92 Å². The van der Waals surface area contributed by atoms with E-state index < -0.39 is 0 Å². The zero-order chi connectivity index (χ0) is 18.1. The van der Waals surface area contributed by atoms with Crippen molar-refractivity contribution in [3.05, 3.63) is 42.2 Å². The van der Waals surface area contributed by atoms with Crippen LogP contribution in [0.3, 0.4) is 0 Å². The van der Waals surface area contributed by atoms with Crippen molar-refractivity contribution in [3.8, 4) is 11.5 Å². The number of nitrogens with one attached hydrogen (secondary N) is 2. The maximum Gasteiger partial charge on any atom is 0.191 e. The van der Waals surface area contributed by atoms with E-state index in [1.807, 2.05) is 35.1 Å². The Morgan fingerprint density at radius 1 is 1.27 bits per heavy atom. The van der Waals surface area contributed by atoms with Crippen LogP contribution in [0.15, 0.2) is 41.7 Å². The van der Waals surface area contributed by atoms with Crippen molar-refractivity contribution in [1.82, 2.24) is 20.4 Å². The van der Waals surface area contributed by atoms with Crippen LogP contribution in [0.1, 0.15) is 12.5 Å². The third kappa shape index (κ3) is 6.74. The molecule has 0 amide bonds. The molecular weight excluding hydrogens is 445 g/mol. The zero-order valence-electron chi connectivity index (χ0n) is 15.7. The normalized spacial score (nSPS) is 12.1. The maximum atomic E-state index is 5.42. The van der Waals surface area contributed by atoms with Crippen molar-refractivity contribution >= 4 is 29.9 Å². The molecule has 144 valence electrons. The molecule has 0 fully saturated rings. The lowest BCUT2D eigenvalue weighted by Crippen LogP contribution is -2.39. The third-order valence-electron chi connectivity index (χ3n) is 3.84. The lowest BCUT2D eigenvalue weighted by Gasteiger charge is -2.17. The summed E-state index contributed by atoms with van der Waals surface area (Å²) in [5.41, 5.74) is 1.04. The van der Waals surface area contributed by atoms with Crippen LogP contribution < -0.4 is 20.1 Å². The van der Waals surface area contributed by atoms with E-state index in [1.54, 1.807) is 27.5 Å². The number of methoxy groups -OCH3 is 2. The third-order valence-corrected chi connectivity index (χ3v) is 3.84. The van der Waals surface area contributed by atoms with Crippen LogP contribution in [0.25, 0.3) is 0 Å². The number of nitrogens with zero attached hydrogens (tertiary/aromatic N) is 3. The number of hydrogen-bond acceptors (Lipinski definition) is 4. The van der Waals surface area contributed by atoms with Crippen LogP contribution in [0.4, 0.5) is 0 Å². The number of benzene rings is 1. The highest BCUT2D eigenvalue weighted by Gasteiger charge is 2.08. The number of aromatic nitrogens is 2. The molecule has 1 aromatic heterocycles. The van der Waals surface area contributed by atoms with E-state index in [2.05, 4.69) is 27.6 Å². The molecule has 0 aliphatic carbocycles. The highest BCUT2D eigenvalue weighted by atomic mass is 127. The van der Waals surface area contributed by atoms with Crippen molar-refractivity contribution in [2.75, 3.05) is 27.8 Å². The topological polar surface area (TPSA) is 72.7 Å². The molecule has 2 aromatic rings. The number of guanidine groups is 1. The molecule has 0 saturated heterocycles. The highest BCUT2D eigenvalue weighted by Crippen LogP contribution is 2.24. The molecule has 0 aliphatic heterocycles. The van der Waals surface area contributed by atoms with Gasteiger partial charge in [0.15, 0.2) is 5.96 Å². The second kappa shape index (κ2) is 11.6. The minimum Gasteiger partial charge on any atom is -0.497 e. The first-order valence-corrected chi connectivity index (χ1v) is 8.29. The van der Waals surface area contributed by atoms with E-state index >= 15 is 0 Å². The first-order valence-electron chi connectivity index (χ1n) is 8.29. The quantitative estimate of drug-likeness (QED) is 0.350. The monoisotopic (exact) mass is 473 g/mol. The number of hydrogen-bond donors (Lipinski definition) is 2. The van der Waals surface area contributed by atoms with Crippen LogP contribution in [-0.4, -0.2) is 43.6 Å². The molecule has 0 bridgehead atoms. The van der Waals surface area contributed by atoms with Gasteiger partial charge in [-0.2, -0.15) is 5.10 Å². The Labute approximate surface area is 172 Å². The van der Waals surface area contributed by atoms with E-state index in [9.17, 15) is 0 Å². The molecule has 0 aliphatic rings. The second-order valence-corrected chi connectivity index (χ2v) is 5.82. The predicted molar refractivity (Wildman–Crippen MR) is 115 cm³/mol. The second-order valence-electron chi connectivity index (χ2n) is 5.82. The fraction of sp³-hybridized carbons (Fsp3) is 0.444. The first kappa shape index (κ1) is 22.1. The summed E-state index contributed by atoms with van der Waals surface area (Å²) in [4.78, 5) is 4.27. The molecule has 1 unspecified atom stereocenters. The molecule has 0 spiro atoms. The minimum atomic E-state index is 0. The summed E-state index contributed by atoms with van der Waals surface area (Å²) < 4.78 is 12.6. The molecule has 0 radical (unpaired) electrons. The average molecular weight is 473 g/mol. The molecule has 8 heteroatoms. The van der Waals surface area contributed by atoms with Gasteiger partial charge in [0.05, 0.1) is 14.2 Å².